The number of thioether (sulfide) groups is 1. The average molecular weight is 523 g/mol. The highest BCUT2D eigenvalue weighted by atomic mass is 35.5. The number of halogens is 1. The van der Waals surface area contributed by atoms with E-state index in [1.54, 1.807) is 17.6 Å². The van der Waals surface area contributed by atoms with Crippen LogP contribution in [0.2, 0.25) is 5.02 Å². The number of thiophene rings is 1. The first-order valence-electron chi connectivity index (χ1n) is 10.6. The maximum absolute atomic E-state index is 12.6. The van der Waals surface area contributed by atoms with E-state index in [2.05, 4.69) is 15.5 Å². The van der Waals surface area contributed by atoms with E-state index in [0.29, 0.717) is 32.3 Å². The van der Waals surface area contributed by atoms with E-state index >= 15 is 0 Å². The molecule has 1 aromatic carbocycles. The van der Waals surface area contributed by atoms with Gasteiger partial charge in [-0.2, -0.15) is 0 Å². The van der Waals surface area contributed by atoms with Crippen molar-refractivity contribution in [1.29, 1.82) is 0 Å². The number of carbonyl (C=O) groups excluding carboxylic acids is 2. The molecule has 182 valence electrons. The number of hydrogen-bond acceptors (Lipinski definition) is 8. The van der Waals surface area contributed by atoms with Crippen LogP contribution in [0.5, 0.6) is 5.75 Å². The Hall–Kier alpha value is -2.56. The molecule has 0 fully saturated rings. The largest absolute Gasteiger partial charge is 0.482 e. The van der Waals surface area contributed by atoms with Gasteiger partial charge in [-0.05, 0) is 63.9 Å². The zero-order chi connectivity index (χ0) is 25.0. The summed E-state index contributed by atoms with van der Waals surface area (Å²) >= 11 is 8.63. The van der Waals surface area contributed by atoms with Gasteiger partial charge in [0.1, 0.15) is 10.8 Å². The molecule has 3 rings (SSSR count). The average Bonchev–Trinajstić information content (AvgIpc) is 3.27. The first-order chi connectivity index (χ1) is 16.1. The van der Waals surface area contributed by atoms with Crippen LogP contribution in [-0.2, 0) is 16.6 Å². The maximum Gasteiger partial charge on any atom is 0.341 e. The van der Waals surface area contributed by atoms with E-state index in [1.807, 2.05) is 46.9 Å². The third kappa shape index (κ3) is 5.92. The molecule has 8 nitrogen and oxygen atoms in total. The highest BCUT2D eigenvalue weighted by Gasteiger charge is 2.23. The molecule has 0 aliphatic carbocycles. The molecule has 0 saturated carbocycles. The molecule has 0 bridgehead atoms. The van der Waals surface area contributed by atoms with Gasteiger partial charge in [-0.15, -0.1) is 21.5 Å². The lowest BCUT2D eigenvalue weighted by molar-refractivity contribution is -0.113. The van der Waals surface area contributed by atoms with Gasteiger partial charge in [0.15, 0.2) is 17.1 Å². The summed E-state index contributed by atoms with van der Waals surface area (Å²) in [6.45, 7) is 9.58. The number of nitrogens with one attached hydrogen (secondary N) is 1. The number of ether oxygens (including phenoxy) is 2. The van der Waals surface area contributed by atoms with Gasteiger partial charge < -0.3 is 19.4 Å². The molecule has 1 N–H and O–H groups in total. The van der Waals surface area contributed by atoms with Crippen molar-refractivity contribution < 1.29 is 19.1 Å². The van der Waals surface area contributed by atoms with Crippen molar-refractivity contribution in [2.75, 3.05) is 17.7 Å². The lowest BCUT2D eigenvalue weighted by Crippen LogP contribution is -2.17. The number of anilines is 1. The fraction of sp³-hybridized carbons (Fsp3) is 0.391. The van der Waals surface area contributed by atoms with Crippen LogP contribution >= 0.6 is 34.7 Å². The molecule has 1 amide bonds. The minimum absolute atomic E-state index is 0.107. The summed E-state index contributed by atoms with van der Waals surface area (Å²) in [6, 6.07) is 5.43. The third-order valence-electron chi connectivity index (χ3n) is 5.12. The van der Waals surface area contributed by atoms with Crippen LogP contribution in [0.25, 0.3) is 0 Å². The fourth-order valence-electron chi connectivity index (χ4n) is 3.25. The number of rotatable bonds is 9. The standard InChI is InChI=1S/C23H27ClN4O4S2/c1-7-31-22(30)19-13(3)15(5)34-21(19)25-18(29)11-33-23-27-26-20(28(23)6)14(4)32-17-9-8-16(24)10-12(17)2/h8-10,14H,7,11H2,1-6H3,(H,25,29). The van der Waals surface area contributed by atoms with Crippen molar-refractivity contribution in [2.45, 2.75) is 45.9 Å². The Balaban J connectivity index is 1.64. The van der Waals surface area contributed by atoms with Crippen LogP contribution in [-0.4, -0.2) is 39.0 Å². The van der Waals surface area contributed by atoms with Crippen LogP contribution < -0.4 is 10.1 Å². The van der Waals surface area contributed by atoms with Gasteiger partial charge in [0.05, 0.1) is 17.9 Å². The van der Waals surface area contributed by atoms with Gasteiger partial charge in [-0.3, -0.25) is 4.79 Å². The quantitative estimate of drug-likeness (QED) is 0.292. The number of aryl methyl sites for hydroxylation is 2. The predicted octanol–water partition coefficient (Wildman–Crippen LogP) is 5.50. The highest BCUT2D eigenvalue weighted by molar-refractivity contribution is 7.99. The van der Waals surface area contributed by atoms with Crippen LogP contribution in [0, 0.1) is 20.8 Å². The monoisotopic (exact) mass is 522 g/mol. The topological polar surface area (TPSA) is 95.3 Å². The molecule has 1 unspecified atom stereocenters. The minimum atomic E-state index is -0.435. The molecule has 0 aliphatic heterocycles. The van der Waals surface area contributed by atoms with Crippen LogP contribution in [0.4, 0.5) is 5.00 Å². The Labute approximate surface area is 212 Å². The van der Waals surface area contributed by atoms with Gasteiger partial charge in [0.25, 0.3) is 0 Å². The normalized spacial score (nSPS) is 11.9. The van der Waals surface area contributed by atoms with E-state index in [9.17, 15) is 9.59 Å². The number of nitrogens with zero attached hydrogens (tertiary/aromatic N) is 3. The van der Waals surface area contributed by atoms with Gasteiger partial charge in [-0.1, -0.05) is 23.4 Å². The highest BCUT2D eigenvalue weighted by Crippen LogP contribution is 2.33. The molecule has 0 aliphatic rings. The van der Waals surface area contributed by atoms with E-state index in [1.165, 1.54) is 23.1 Å². The Bertz CT molecular complexity index is 1210. The van der Waals surface area contributed by atoms with E-state index < -0.39 is 5.97 Å². The second kappa shape index (κ2) is 11.2. The zero-order valence-corrected chi connectivity index (χ0v) is 22.3. The molecule has 11 heteroatoms. The third-order valence-corrected chi connectivity index (χ3v) is 7.50. The number of benzene rings is 1. The van der Waals surface area contributed by atoms with Crippen molar-refractivity contribution in [2.24, 2.45) is 7.05 Å². The van der Waals surface area contributed by atoms with Crippen molar-refractivity contribution >= 4 is 51.6 Å². The lowest BCUT2D eigenvalue weighted by Gasteiger charge is -2.16. The summed E-state index contributed by atoms with van der Waals surface area (Å²) in [7, 11) is 1.83. The Morgan fingerprint density at radius 1 is 1.26 bits per heavy atom. The van der Waals surface area contributed by atoms with Crippen LogP contribution in [0.15, 0.2) is 23.4 Å². The van der Waals surface area contributed by atoms with Crippen LogP contribution in [0.1, 0.15) is 52.1 Å². The summed E-state index contributed by atoms with van der Waals surface area (Å²) in [5, 5.41) is 13.0. The minimum Gasteiger partial charge on any atom is -0.482 e. The van der Waals surface area contributed by atoms with E-state index in [-0.39, 0.29) is 24.4 Å². The van der Waals surface area contributed by atoms with E-state index in [4.69, 9.17) is 21.1 Å². The first kappa shape index (κ1) is 26.1. The maximum atomic E-state index is 12.6. The number of carbonyl (C=O) groups is 2. The molecule has 1 atom stereocenters. The molecular weight excluding hydrogens is 496 g/mol. The van der Waals surface area contributed by atoms with Gasteiger partial charge in [0, 0.05) is 16.9 Å². The Morgan fingerprint density at radius 3 is 2.68 bits per heavy atom. The van der Waals surface area contributed by atoms with Crippen molar-refractivity contribution in [3.63, 3.8) is 0 Å². The number of hydrogen-bond donors (Lipinski definition) is 1. The second-order valence-corrected chi connectivity index (χ2v) is 10.2. The van der Waals surface area contributed by atoms with Crippen molar-refractivity contribution in [3.05, 3.63) is 50.6 Å². The summed E-state index contributed by atoms with van der Waals surface area (Å²) in [6.07, 6.45) is -0.357. The Morgan fingerprint density at radius 2 is 2.00 bits per heavy atom. The SMILES string of the molecule is CCOC(=O)c1c(NC(=O)CSc2nnc(C(C)Oc3ccc(Cl)cc3C)n2C)sc(C)c1C. The van der Waals surface area contributed by atoms with Gasteiger partial charge in [-0.25, -0.2) is 4.79 Å². The first-order valence-corrected chi connectivity index (χ1v) is 12.8. The summed E-state index contributed by atoms with van der Waals surface area (Å²) < 4.78 is 13.0. The molecule has 0 saturated heterocycles. The Kier molecular flexibility index (Phi) is 8.62. The smallest absolute Gasteiger partial charge is 0.341 e. The zero-order valence-electron chi connectivity index (χ0n) is 19.9. The molecule has 0 radical (unpaired) electrons. The molecule has 2 aromatic heterocycles. The molecule has 2 heterocycles. The number of aromatic nitrogens is 3. The summed E-state index contributed by atoms with van der Waals surface area (Å²) in [5.41, 5.74) is 2.15. The molecule has 3 aromatic rings. The van der Waals surface area contributed by atoms with Crippen molar-refractivity contribution in [1.82, 2.24) is 14.8 Å². The second-order valence-electron chi connectivity index (χ2n) is 7.61. The molecular formula is C23H27ClN4O4S2. The molecule has 0 spiro atoms. The molecule has 34 heavy (non-hydrogen) atoms. The van der Waals surface area contributed by atoms with Crippen LogP contribution in [0.3, 0.4) is 0 Å². The summed E-state index contributed by atoms with van der Waals surface area (Å²) in [5.74, 6) is 0.770. The fourth-order valence-corrected chi connectivity index (χ4v) is 5.26. The number of amides is 1. The predicted molar refractivity (Wildman–Crippen MR) is 135 cm³/mol. The van der Waals surface area contributed by atoms with Gasteiger partial charge in [0.2, 0.25) is 5.91 Å². The van der Waals surface area contributed by atoms with E-state index in [0.717, 1.165) is 16.0 Å². The summed E-state index contributed by atoms with van der Waals surface area (Å²) in [4.78, 5) is 25.9. The van der Waals surface area contributed by atoms with Gasteiger partial charge >= 0.3 is 5.97 Å². The lowest BCUT2D eigenvalue weighted by atomic mass is 10.1. The van der Waals surface area contributed by atoms with Crippen molar-refractivity contribution in [3.8, 4) is 5.75 Å². The number of esters is 1.